The Morgan fingerprint density at radius 2 is 1.82 bits per heavy atom. The first-order valence-electron chi connectivity index (χ1n) is 11.5. The Morgan fingerprint density at radius 1 is 1.05 bits per heavy atom. The summed E-state index contributed by atoms with van der Waals surface area (Å²) >= 11 is 6.34. The Kier molecular flexibility index (Phi) is 6.93. The number of benzene rings is 3. The van der Waals surface area contributed by atoms with Crippen LogP contribution in [0.4, 0.5) is 14.6 Å². The van der Waals surface area contributed by atoms with Crippen LogP contribution in [0.2, 0.25) is 5.02 Å². The second kappa shape index (κ2) is 10.5. The number of nitrogens with zero attached hydrogens (tertiary/aromatic N) is 1. The van der Waals surface area contributed by atoms with Crippen molar-refractivity contribution in [2.75, 3.05) is 11.9 Å². The van der Waals surface area contributed by atoms with E-state index >= 15 is 0 Å². The van der Waals surface area contributed by atoms with Crippen LogP contribution in [0.15, 0.2) is 72.8 Å². The second-order valence-corrected chi connectivity index (χ2v) is 8.85. The lowest BCUT2D eigenvalue weighted by Crippen LogP contribution is -2.20. The predicted molar refractivity (Wildman–Crippen MR) is 136 cm³/mol. The topological polar surface area (TPSA) is 97.8 Å². The number of ether oxygens (including phenoxy) is 2. The third-order valence-corrected chi connectivity index (χ3v) is 6.26. The summed E-state index contributed by atoms with van der Waals surface area (Å²) in [5.41, 5.74) is 0.938. The number of anilines is 1. The number of halogens is 3. The predicted octanol–water partition coefficient (Wildman–Crippen LogP) is 6.68. The van der Waals surface area contributed by atoms with E-state index in [-0.39, 0.29) is 34.5 Å². The fraction of sp³-hybridized carbons (Fsp3) is 0.107. The minimum Gasteiger partial charge on any atom is -0.493 e. The first-order chi connectivity index (χ1) is 18.3. The van der Waals surface area contributed by atoms with Gasteiger partial charge in [0.15, 0.2) is 11.6 Å². The number of fused-ring (bicyclic) bond motifs is 1. The van der Waals surface area contributed by atoms with Crippen LogP contribution < -0.4 is 14.8 Å². The molecule has 0 saturated carbocycles. The van der Waals surface area contributed by atoms with Gasteiger partial charge in [0.25, 0.3) is 5.91 Å². The van der Waals surface area contributed by atoms with Crippen molar-refractivity contribution in [1.82, 2.24) is 4.98 Å². The zero-order valence-electron chi connectivity index (χ0n) is 19.6. The van der Waals surface area contributed by atoms with Gasteiger partial charge in [-0.05, 0) is 61.0 Å². The smallest absolute Gasteiger partial charge is 0.311 e. The van der Waals surface area contributed by atoms with Crippen LogP contribution in [-0.4, -0.2) is 28.6 Å². The number of hydrogen-bond donors (Lipinski definition) is 2. The molecule has 2 heterocycles. The van der Waals surface area contributed by atoms with Crippen LogP contribution in [0, 0.1) is 11.6 Å². The Hall–Kier alpha value is -4.50. The van der Waals surface area contributed by atoms with E-state index in [1.54, 1.807) is 24.3 Å². The monoisotopic (exact) mass is 536 g/mol. The molecule has 0 aliphatic carbocycles. The SMILES string of the molecule is O=C(Nc1cccc(-c2cccc(F)c2F)n1)c1ccc(Oc2cc3c(cc2Cl)C(C(=O)O)CCO3)cc1. The molecule has 1 amide bonds. The molecule has 0 saturated heterocycles. The molecule has 0 spiro atoms. The number of carbonyl (C=O) groups excluding carboxylic acids is 1. The minimum atomic E-state index is -1.02. The fourth-order valence-corrected chi connectivity index (χ4v) is 4.28. The third kappa shape index (κ3) is 5.14. The molecule has 38 heavy (non-hydrogen) atoms. The van der Waals surface area contributed by atoms with Crippen molar-refractivity contribution in [2.24, 2.45) is 0 Å². The van der Waals surface area contributed by atoms with Crippen molar-refractivity contribution in [3.63, 3.8) is 0 Å². The highest BCUT2D eigenvalue weighted by molar-refractivity contribution is 6.32. The van der Waals surface area contributed by atoms with Crippen LogP contribution >= 0.6 is 11.6 Å². The van der Waals surface area contributed by atoms with Crippen molar-refractivity contribution in [3.05, 3.63) is 101 Å². The van der Waals surface area contributed by atoms with E-state index in [0.717, 1.165) is 6.07 Å². The minimum absolute atomic E-state index is 0.0210. The molecule has 0 radical (unpaired) electrons. The van der Waals surface area contributed by atoms with E-state index in [2.05, 4.69) is 10.3 Å². The number of aromatic nitrogens is 1. The van der Waals surface area contributed by atoms with Crippen LogP contribution in [0.3, 0.4) is 0 Å². The van der Waals surface area contributed by atoms with Crippen LogP contribution in [0.25, 0.3) is 11.3 Å². The first-order valence-corrected chi connectivity index (χ1v) is 11.9. The summed E-state index contributed by atoms with van der Waals surface area (Å²) in [6, 6.07) is 17.7. The number of carbonyl (C=O) groups is 2. The maximum atomic E-state index is 14.1. The average molecular weight is 537 g/mol. The molecular weight excluding hydrogens is 518 g/mol. The van der Waals surface area contributed by atoms with E-state index < -0.39 is 29.4 Å². The molecule has 2 N–H and O–H groups in total. The highest BCUT2D eigenvalue weighted by atomic mass is 35.5. The average Bonchev–Trinajstić information content (AvgIpc) is 2.91. The lowest BCUT2D eigenvalue weighted by atomic mass is 9.93. The first kappa shape index (κ1) is 25.2. The lowest BCUT2D eigenvalue weighted by molar-refractivity contribution is -0.139. The van der Waals surface area contributed by atoms with E-state index in [1.165, 1.54) is 42.5 Å². The maximum Gasteiger partial charge on any atom is 0.311 e. The third-order valence-electron chi connectivity index (χ3n) is 5.96. The number of nitrogens with one attached hydrogen (secondary N) is 1. The van der Waals surface area contributed by atoms with Crippen LogP contribution in [0.5, 0.6) is 17.2 Å². The van der Waals surface area contributed by atoms with Crippen LogP contribution in [-0.2, 0) is 4.79 Å². The molecule has 1 unspecified atom stereocenters. The van der Waals surface area contributed by atoms with Crippen molar-refractivity contribution < 1.29 is 33.0 Å². The van der Waals surface area contributed by atoms with E-state index in [0.29, 0.717) is 29.0 Å². The number of pyridine rings is 1. The second-order valence-electron chi connectivity index (χ2n) is 8.44. The van der Waals surface area contributed by atoms with Crippen LogP contribution in [0.1, 0.15) is 28.3 Å². The van der Waals surface area contributed by atoms with Crippen molar-refractivity contribution in [3.8, 4) is 28.5 Å². The molecular formula is C28H19ClF2N2O5. The van der Waals surface area contributed by atoms with Gasteiger partial charge in [0, 0.05) is 22.8 Å². The molecule has 3 aromatic carbocycles. The Morgan fingerprint density at radius 3 is 2.58 bits per heavy atom. The Balaban J connectivity index is 1.29. The number of rotatable bonds is 6. The largest absolute Gasteiger partial charge is 0.493 e. The quantitative estimate of drug-likeness (QED) is 0.285. The maximum absolute atomic E-state index is 14.1. The zero-order chi connectivity index (χ0) is 26.8. The van der Waals surface area contributed by atoms with Gasteiger partial charge in [0.05, 0.1) is 23.2 Å². The molecule has 10 heteroatoms. The summed E-state index contributed by atoms with van der Waals surface area (Å²) in [5, 5.41) is 12.3. The molecule has 0 bridgehead atoms. The van der Waals surface area contributed by atoms with Gasteiger partial charge in [-0.15, -0.1) is 0 Å². The molecule has 5 rings (SSSR count). The van der Waals surface area contributed by atoms with Gasteiger partial charge in [-0.1, -0.05) is 23.7 Å². The van der Waals surface area contributed by atoms with Crippen molar-refractivity contribution in [1.29, 1.82) is 0 Å². The van der Waals surface area contributed by atoms with Crippen molar-refractivity contribution in [2.45, 2.75) is 12.3 Å². The summed E-state index contributed by atoms with van der Waals surface area (Å²) in [5.74, 6) is -2.91. The van der Waals surface area contributed by atoms with Gasteiger partial charge >= 0.3 is 5.97 Å². The van der Waals surface area contributed by atoms with E-state index in [4.69, 9.17) is 21.1 Å². The number of carboxylic acid groups (broad SMARTS) is 1. The van der Waals surface area contributed by atoms with Gasteiger partial charge in [0.1, 0.15) is 23.1 Å². The molecule has 7 nitrogen and oxygen atoms in total. The summed E-state index contributed by atoms with van der Waals surface area (Å²) in [6.45, 7) is 0.268. The normalized spacial score (nSPS) is 14.2. The van der Waals surface area contributed by atoms with E-state index in [1.807, 2.05) is 0 Å². The molecule has 192 valence electrons. The Bertz CT molecular complexity index is 1550. The highest BCUT2D eigenvalue weighted by Crippen LogP contribution is 2.41. The number of aliphatic carboxylic acids is 1. The summed E-state index contributed by atoms with van der Waals surface area (Å²) in [6.07, 6.45) is 0.351. The molecule has 0 fully saturated rings. The van der Waals surface area contributed by atoms with Gasteiger partial charge in [-0.3, -0.25) is 9.59 Å². The van der Waals surface area contributed by atoms with Gasteiger partial charge in [-0.2, -0.15) is 0 Å². The molecule has 1 aliphatic rings. The standard InChI is InChI=1S/C28H19ClF2N2O5/c29-20-13-19-17(28(35)36)11-12-37-23(19)14-24(20)38-16-9-7-15(8-10-16)27(34)33-25-6-2-5-22(32-25)18-3-1-4-21(30)26(18)31/h1-10,13-14,17H,11-12H2,(H,35,36)(H,32,33,34). The summed E-state index contributed by atoms with van der Waals surface area (Å²) in [4.78, 5) is 28.5. The molecule has 1 atom stereocenters. The van der Waals surface area contributed by atoms with E-state index in [9.17, 15) is 23.5 Å². The zero-order valence-corrected chi connectivity index (χ0v) is 20.3. The lowest BCUT2D eigenvalue weighted by Gasteiger charge is -2.24. The van der Waals surface area contributed by atoms with Gasteiger partial charge < -0.3 is 19.9 Å². The number of amides is 1. The van der Waals surface area contributed by atoms with Gasteiger partial charge in [0.2, 0.25) is 0 Å². The summed E-state index contributed by atoms with van der Waals surface area (Å²) < 4.78 is 39.2. The highest BCUT2D eigenvalue weighted by Gasteiger charge is 2.29. The summed E-state index contributed by atoms with van der Waals surface area (Å²) in [7, 11) is 0. The molecule has 4 aromatic rings. The van der Waals surface area contributed by atoms with Crippen molar-refractivity contribution >= 4 is 29.3 Å². The van der Waals surface area contributed by atoms with Gasteiger partial charge in [-0.25, -0.2) is 13.8 Å². The Labute approximate surface area is 220 Å². The number of hydrogen-bond acceptors (Lipinski definition) is 5. The molecule has 1 aromatic heterocycles. The fourth-order valence-electron chi connectivity index (χ4n) is 4.07. The molecule has 1 aliphatic heterocycles. The number of carboxylic acids is 1.